The van der Waals surface area contributed by atoms with Crippen LogP contribution in [0.2, 0.25) is 0 Å². The number of halogens is 3. The fourth-order valence-corrected chi connectivity index (χ4v) is 1.83. The van der Waals surface area contributed by atoms with Crippen molar-refractivity contribution < 1.29 is 23.5 Å². The van der Waals surface area contributed by atoms with E-state index in [1.54, 1.807) is 0 Å². The summed E-state index contributed by atoms with van der Waals surface area (Å²) in [6.07, 6.45) is -0.214. The van der Waals surface area contributed by atoms with Crippen LogP contribution in [0.15, 0.2) is 29.3 Å². The Morgan fingerprint density at radius 3 is 2.50 bits per heavy atom. The molecule has 0 spiro atoms. The highest BCUT2D eigenvalue weighted by Crippen LogP contribution is 2.12. The number of carbonyl (C=O) groups is 2. The predicted molar refractivity (Wildman–Crippen MR) is 72.3 cm³/mol. The van der Waals surface area contributed by atoms with Gasteiger partial charge in [-0.25, -0.2) is 13.6 Å². The zero-order valence-corrected chi connectivity index (χ0v) is 11.9. The summed E-state index contributed by atoms with van der Waals surface area (Å²) in [4.78, 5) is 22.6. The first-order valence-electron chi connectivity index (χ1n) is 5.59. The number of nitrogens with one attached hydrogen (secondary N) is 1. The van der Waals surface area contributed by atoms with Crippen LogP contribution in [0.5, 0.6) is 0 Å². The summed E-state index contributed by atoms with van der Waals surface area (Å²) in [5.74, 6) is -3.87. The van der Waals surface area contributed by atoms with Crippen molar-refractivity contribution in [2.75, 3.05) is 0 Å². The molecule has 0 aliphatic carbocycles. The Morgan fingerprint density at radius 1 is 1.35 bits per heavy atom. The Balaban J connectivity index is 2.67. The first-order valence-corrected chi connectivity index (χ1v) is 6.38. The zero-order valence-electron chi connectivity index (χ0n) is 10.3. The fourth-order valence-electron chi connectivity index (χ4n) is 1.50. The predicted octanol–water partition coefficient (Wildman–Crippen LogP) is 2.38. The van der Waals surface area contributed by atoms with Gasteiger partial charge < -0.3 is 10.4 Å². The minimum Gasteiger partial charge on any atom is -0.480 e. The van der Waals surface area contributed by atoms with Gasteiger partial charge in [0.15, 0.2) is 11.6 Å². The monoisotopic (exact) mass is 347 g/mol. The van der Waals surface area contributed by atoms with Gasteiger partial charge in [-0.3, -0.25) is 4.79 Å². The van der Waals surface area contributed by atoms with E-state index >= 15 is 0 Å². The van der Waals surface area contributed by atoms with Crippen LogP contribution in [0.4, 0.5) is 8.78 Å². The fraction of sp³-hybridized carbons (Fsp3) is 0.231. The molecule has 108 valence electrons. The molecule has 4 nitrogen and oxygen atoms in total. The third-order valence-electron chi connectivity index (χ3n) is 2.41. The van der Waals surface area contributed by atoms with Gasteiger partial charge in [0.05, 0.1) is 6.42 Å². The summed E-state index contributed by atoms with van der Waals surface area (Å²) in [5.41, 5.74) is 0.253. The van der Waals surface area contributed by atoms with Crippen molar-refractivity contribution >= 4 is 27.8 Å². The first kappa shape index (κ1) is 16.3. The van der Waals surface area contributed by atoms with Gasteiger partial charge in [-0.2, -0.15) is 0 Å². The number of hydrogen-bond donors (Lipinski definition) is 2. The van der Waals surface area contributed by atoms with E-state index in [1.807, 2.05) is 0 Å². The largest absolute Gasteiger partial charge is 0.480 e. The van der Waals surface area contributed by atoms with Crippen molar-refractivity contribution in [2.45, 2.75) is 18.9 Å². The Bertz CT molecular complexity index is 548. The van der Waals surface area contributed by atoms with Gasteiger partial charge in [0, 0.05) is 6.42 Å². The van der Waals surface area contributed by atoms with Crippen molar-refractivity contribution in [2.24, 2.45) is 0 Å². The van der Waals surface area contributed by atoms with Crippen LogP contribution in [0.25, 0.3) is 0 Å². The second-order valence-corrected chi connectivity index (χ2v) is 5.23. The molecule has 0 aromatic heterocycles. The average Bonchev–Trinajstić information content (AvgIpc) is 2.32. The van der Waals surface area contributed by atoms with Gasteiger partial charge in [0.25, 0.3) is 0 Å². The van der Waals surface area contributed by atoms with Crippen LogP contribution < -0.4 is 5.32 Å². The molecular weight excluding hydrogens is 336 g/mol. The molecule has 0 unspecified atom stereocenters. The Labute approximate surface area is 122 Å². The normalized spacial score (nSPS) is 11.8. The lowest BCUT2D eigenvalue weighted by atomic mass is 10.1. The lowest BCUT2D eigenvalue weighted by Gasteiger charge is -2.14. The molecular formula is C13H12BrF2NO3. The summed E-state index contributed by atoms with van der Waals surface area (Å²) < 4.78 is 26.1. The Morgan fingerprint density at radius 2 is 2.00 bits per heavy atom. The van der Waals surface area contributed by atoms with Crippen LogP contribution in [-0.2, 0) is 16.0 Å². The molecule has 0 fully saturated rings. The van der Waals surface area contributed by atoms with Crippen LogP contribution in [0, 0.1) is 11.6 Å². The van der Waals surface area contributed by atoms with Crippen molar-refractivity contribution in [3.8, 4) is 0 Å². The zero-order chi connectivity index (χ0) is 15.3. The molecule has 1 rings (SSSR count). The van der Waals surface area contributed by atoms with E-state index in [9.17, 15) is 18.4 Å². The van der Waals surface area contributed by atoms with Crippen LogP contribution in [0.1, 0.15) is 12.0 Å². The maximum atomic E-state index is 13.0. The molecule has 0 heterocycles. The SMILES string of the molecule is C=C(Br)C[C@@H](NC(=O)Cc1ccc(F)c(F)c1)C(=O)O. The number of carbonyl (C=O) groups excluding carboxylic acids is 1. The average molecular weight is 348 g/mol. The molecule has 1 aromatic carbocycles. The van der Waals surface area contributed by atoms with E-state index in [-0.39, 0.29) is 18.4 Å². The first-order chi connectivity index (χ1) is 9.29. The van der Waals surface area contributed by atoms with Gasteiger partial charge in [0.2, 0.25) is 5.91 Å². The molecule has 0 saturated carbocycles. The van der Waals surface area contributed by atoms with Gasteiger partial charge >= 0.3 is 5.97 Å². The second kappa shape index (κ2) is 7.14. The summed E-state index contributed by atoms with van der Waals surface area (Å²) in [6.45, 7) is 3.50. The van der Waals surface area contributed by atoms with Crippen molar-refractivity contribution in [3.63, 3.8) is 0 Å². The summed E-state index contributed by atoms with van der Waals surface area (Å²) >= 11 is 3.02. The standard InChI is InChI=1S/C13H12BrF2NO3/c1-7(14)4-11(13(19)20)17-12(18)6-8-2-3-9(15)10(16)5-8/h2-3,5,11H,1,4,6H2,(H,17,18)(H,19,20)/t11-/m1/s1. The van der Waals surface area contributed by atoms with Gasteiger partial charge in [0.1, 0.15) is 6.04 Å². The summed E-state index contributed by atoms with van der Waals surface area (Å²) in [7, 11) is 0. The minimum atomic E-state index is -1.20. The maximum absolute atomic E-state index is 13.0. The highest BCUT2D eigenvalue weighted by molar-refractivity contribution is 9.11. The van der Waals surface area contributed by atoms with E-state index in [1.165, 1.54) is 6.07 Å². The molecule has 0 saturated heterocycles. The van der Waals surface area contributed by atoms with E-state index in [0.717, 1.165) is 12.1 Å². The lowest BCUT2D eigenvalue weighted by Crippen LogP contribution is -2.41. The Hall–Kier alpha value is -1.76. The van der Waals surface area contributed by atoms with Crippen LogP contribution >= 0.6 is 15.9 Å². The van der Waals surface area contributed by atoms with E-state index in [4.69, 9.17) is 5.11 Å². The molecule has 1 amide bonds. The molecule has 0 bridgehead atoms. The van der Waals surface area contributed by atoms with Crippen LogP contribution in [0.3, 0.4) is 0 Å². The number of benzene rings is 1. The molecule has 1 aromatic rings. The molecule has 0 radical (unpaired) electrons. The lowest BCUT2D eigenvalue weighted by molar-refractivity contribution is -0.141. The second-order valence-electron chi connectivity index (χ2n) is 4.10. The summed E-state index contributed by atoms with van der Waals surface area (Å²) in [6, 6.07) is 1.94. The highest BCUT2D eigenvalue weighted by Gasteiger charge is 2.20. The third-order valence-corrected chi connectivity index (χ3v) is 2.73. The highest BCUT2D eigenvalue weighted by atomic mass is 79.9. The van der Waals surface area contributed by atoms with Gasteiger partial charge in [-0.1, -0.05) is 28.6 Å². The van der Waals surface area contributed by atoms with Crippen molar-refractivity contribution in [1.82, 2.24) is 5.32 Å². The number of rotatable bonds is 6. The van der Waals surface area contributed by atoms with Crippen LogP contribution in [-0.4, -0.2) is 23.0 Å². The topological polar surface area (TPSA) is 66.4 Å². The third kappa shape index (κ3) is 5.08. The molecule has 0 aliphatic rings. The van der Waals surface area contributed by atoms with Gasteiger partial charge in [-0.05, 0) is 22.2 Å². The molecule has 7 heteroatoms. The number of hydrogen-bond acceptors (Lipinski definition) is 2. The molecule has 20 heavy (non-hydrogen) atoms. The molecule has 1 atom stereocenters. The van der Waals surface area contributed by atoms with E-state index in [2.05, 4.69) is 27.8 Å². The molecule has 0 aliphatic heterocycles. The number of aliphatic carboxylic acids is 1. The number of carboxylic acids is 1. The number of amides is 1. The van der Waals surface area contributed by atoms with Crippen molar-refractivity contribution in [1.29, 1.82) is 0 Å². The Kier molecular flexibility index (Phi) is 5.82. The maximum Gasteiger partial charge on any atom is 0.326 e. The number of carboxylic acid groups (broad SMARTS) is 1. The molecule has 2 N–H and O–H groups in total. The van der Waals surface area contributed by atoms with E-state index in [0.29, 0.717) is 4.48 Å². The minimum absolute atomic E-state index is 0.0266. The quantitative estimate of drug-likeness (QED) is 0.830. The summed E-state index contributed by atoms with van der Waals surface area (Å²) in [5, 5.41) is 11.2. The van der Waals surface area contributed by atoms with Crippen molar-refractivity contribution in [3.05, 3.63) is 46.5 Å². The van der Waals surface area contributed by atoms with Gasteiger partial charge in [-0.15, -0.1) is 0 Å². The smallest absolute Gasteiger partial charge is 0.326 e. The van der Waals surface area contributed by atoms with E-state index < -0.39 is 29.6 Å².